The van der Waals surface area contributed by atoms with Crippen molar-refractivity contribution in [2.75, 3.05) is 12.4 Å². The number of anilines is 1. The number of hydrogen-bond donors (Lipinski definition) is 1. The fourth-order valence-corrected chi connectivity index (χ4v) is 0.914. The first kappa shape index (κ1) is 10.3. The van der Waals surface area contributed by atoms with Gasteiger partial charge in [-0.25, -0.2) is 9.97 Å². The average Bonchev–Trinajstić information content (AvgIpc) is 2.26. The van der Waals surface area contributed by atoms with Crippen molar-refractivity contribution in [1.82, 2.24) is 9.97 Å². The van der Waals surface area contributed by atoms with Crippen LogP contribution in [0.5, 0.6) is 5.75 Å². The second-order valence-corrected chi connectivity index (χ2v) is 2.72. The molecule has 0 bridgehead atoms. The molecule has 0 fully saturated rings. The van der Waals surface area contributed by atoms with Crippen molar-refractivity contribution in [3.05, 3.63) is 12.4 Å². The van der Waals surface area contributed by atoms with E-state index in [2.05, 4.69) is 21.2 Å². The van der Waals surface area contributed by atoms with Gasteiger partial charge in [-0.2, -0.15) is 0 Å². The first-order valence-electron chi connectivity index (χ1n) is 4.38. The van der Waals surface area contributed by atoms with Crippen molar-refractivity contribution in [3.8, 4) is 18.1 Å². The summed E-state index contributed by atoms with van der Waals surface area (Å²) in [4.78, 5) is 8.08. The summed E-state index contributed by atoms with van der Waals surface area (Å²) in [5.41, 5.74) is 0. The van der Waals surface area contributed by atoms with Gasteiger partial charge in [-0.05, 0) is 6.42 Å². The fraction of sp³-hybridized carbons (Fsp3) is 0.400. The standard InChI is InChI=1S/C10H13N3O/c1-4-8(5-2)13-10-11-6-9(14-3)7-12-10/h1,6-8H,5H2,2-3H3,(H,11,12,13). The van der Waals surface area contributed by atoms with E-state index in [9.17, 15) is 0 Å². The highest BCUT2D eigenvalue weighted by molar-refractivity contribution is 5.31. The van der Waals surface area contributed by atoms with E-state index in [1.54, 1.807) is 19.5 Å². The van der Waals surface area contributed by atoms with Crippen LogP contribution in [0, 0.1) is 12.3 Å². The number of rotatable bonds is 4. The monoisotopic (exact) mass is 191 g/mol. The second-order valence-electron chi connectivity index (χ2n) is 2.72. The lowest BCUT2D eigenvalue weighted by Crippen LogP contribution is -2.17. The number of hydrogen-bond acceptors (Lipinski definition) is 4. The Bertz CT molecular complexity index is 315. The predicted octanol–water partition coefficient (Wildman–Crippen LogP) is 1.31. The van der Waals surface area contributed by atoms with Gasteiger partial charge in [-0.3, -0.25) is 0 Å². The van der Waals surface area contributed by atoms with Gasteiger partial charge in [-0.1, -0.05) is 12.8 Å². The minimum atomic E-state index is -0.0246. The largest absolute Gasteiger partial charge is 0.494 e. The maximum absolute atomic E-state index is 5.29. The summed E-state index contributed by atoms with van der Waals surface area (Å²) in [7, 11) is 1.57. The molecule has 1 rings (SSSR count). The molecular formula is C10H13N3O. The zero-order valence-corrected chi connectivity index (χ0v) is 8.32. The Hall–Kier alpha value is -1.76. The predicted molar refractivity (Wildman–Crippen MR) is 55.1 cm³/mol. The first-order valence-corrected chi connectivity index (χ1v) is 4.38. The third-order valence-corrected chi connectivity index (χ3v) is 1.78. The van der Waals surface area contributed by atoms with Crippen molar-refractivity contribution >= 4 is 5.95 Å². The molecule has 0 aliphatic carbocycles. The molecular weight excluding hydrogens is 178 g/mol. The average molecular weight is 191 g/mol. The molecule has 4 heteroatoms. The quantitative estimate of drug-likeness (QED) is 0.729. The van der Waals surface area contributed by atoms with E-state index in [1.807, 2.05) is 6.92 Å². The molecule has 0 aromatic carbocycles. The highest BCUT2D eigenvalue weighted by Gasteiger charge is 2.03. The molecule has 0 saturated heterocycles. The Labute approximate surface area is 83.7 Å². The second kappa shape index (κ2) is 5.07. The van der Waals surface area contributed by atoms with E-state index in [1.165, 1.54) is 0 Å². The lowest BCUT2D eigenvalue weighted by molar-refractivity contribution is 0.411. The third-order valence-electron chi connectivity index (χ3n) is 1.78. The summed E-state index contributed by atoms with van der Waals surface area (Å²) in [6.45, 7) is 2.00. The van der Waals surface area contributed by atoms with Crippen LogP contribution in [0.4, 0.5) is 5.95 Å². The molecule has 0 spiro atoms. The van der Waals surface area contributed by atoms with Crippen molar-refractivity contribution < 1.29 is 4.74 Å². The van der Waals surface area contributed by atoms with Gasteiger partial charge in [0.15, 0.2) is 5.75 Å². The van der Waals surface area contributed by atoms with E-state index in [4.69, 9.17) is 11.2 Å². The molecule has 1 unspecified atom stereocenters. The van der Waals surface area contributed by atoms with E-state index in [-0.39, 0.29) is 6.04 Å². The van der Waals surface area contributed by atoms with Crippen LogP contribution in [-0.2, 0) is 0 Å². The van der Waals surface area contributed by atoms with Gasteiger partial charge in [0.25, 0.3) is 0 Å². The van der Waals surface area contributed by atoms with Crippen molar-refractivity contribution in [1.29, 1.82) is 0 Å². The lowest BCUT2D eigenvalue weighted by atomic mass is 10.2. The molecule has 4 nitrogen and oxygen atoms in total. The fourth-order valence-electron chi connectivity index (χ4n) is 0.914. The molecule has 1 atom stereocenters. The Morgan fingerprint density at radius 3 is 2.64 bits per heavy atom. The molecule has 1 N–H and O–H groups in total. The summed E-state index contributed by atoms with van der Waals surface area (Å²) < 4.78 is 4.93. The maximum Gasteiger partial charge on any atom is 0.223 e. The van der Waals surface area contributed by atoms with Crippen molar-refractivity contribution in [2.45, 2.75) is 19.4 Å². The number of terminal acetylenes is 1. The third kappa shape index (κ3) is 2.63. The maximum atomic E-state index is 5.29. The van der Waals surface area contributed by atoms with E-state index < -0.39 is 0 Å². The molecule has 0 aliphatic heterocycles. The number of nitrogens with one attached hydrogen (secondary N) is 1. The normalized spacial score (nSPS) is 11.5. The topological polar surface area (TPSA) is 47.0 Å². The summed E-state index contributed by atoms with van der Waals surface area (Å²) in [6, 6.07) is -0.0246. The SMILES string of the molecule is C#CC(CC)Nc1ncc(OC)cn1. The van der Waals surface area contributed by atoms with Gasteiger partial charge in [0.2, 0.25) is 5.95 Å². The Morgan fingerprint density at radius 1 is 1.57 bits per heavy atom. The van der Waals surface area contributed by atoms with Gasteiger partial charge in [-0.15, -0.1) is 6.42 Å². The molecule has 0 saturated carbocycles. The number of methoxy groups -OCH3 is 1. The smallest absolute Gasteiger partial charge is 0.223 e. The molecule has 1 heterocycles. The van der Waals surface area contributed by atoms with E-state index in [0.717, 1.165) is 6.42 Å². The molecule has 14 heavy (non-hydrogen) atoms. The molecule has 1 aromatic heterocycles. The zero-order chi connectivity index (χ0) is 10.4. The van der Waals surface area contributed by atoms with Gasteiger partial charge in [0.05, 0.1) is 25.5 Å². The summed E-state index contributed by atoms with van der Waals surface area (Å²) in [5, 5.41) is 3.02. The number of nitrogens with zero attached hydrogens (tertiary/aromatic N) is 2. The van der Waals surface area contributed by atoms with Crippen LogP contribution in [-0.4, -0.2) is 23.1 Å². The van der Waals surface area contributed by atoms with Crippen LogP contribution in [0.3, 0.4) is 0 Å². The molecule has 1 aromatic rings. The van der Waals surface area contributed by atoms with Crippen molar-refractivity contribution in [3.63, 3.8) is 0 Å². The molecule has 0 amide bonds. The van der Waals surface area contributed by atoms with Gasteiger partial charge in [0, 0.05) is 0 Å². The minimum Gasteiger partial charge on any atom is -0.494 e. The van der Waals surface area contributed by atoms with Crippen LogP contribution < -0.4 is 10.1 Å². The van der Waals surface area contributed by atoms with Crippen LogP contribution in [0.1, 0.15) is 13.3 Å². The van der Waals surface area contributed by atoms with Gasteiger partial charge in [0.1, 0.15) is 0 Å². The van der Waals surface area contributed by atoms with E-state index in [0.29, 0.717) is 11.7 Å². The Morgan fingerprint density at radius 2 is 2.21 bits per heavy atom. The first-order chi connectivity index (χ1) is 6.80. The van der Waals surface area contributed by atoms with E-state index >= 15 is 0 Å². The number of ether oxygens (including phenoxy) is 1. The highest BCUT2D eigenvalue weighted by Crippen LogP contribution is 2.08. The summed E-state index contributed by atoms with van der Waals surface area (Å²) >= 11 is 0. The number of aromatic nitrogens is 2. The van der Waals surface area contributed by atoms with Crippen LogP contribution in [0.25, 0.3) is 0 Å². The zero-order valence-electron chi connectivity index (χ0n) is 8.32. The molecule has 74 valence electrons. The van der Waals surface area contributed by atoms with Crippen LogP contribution in [0.2, 0.25) is 0 Å². The van der Waals surface area contributed by atoms with Crippen molar-refractivity contribution in [2.24, 2.45) is 0 Å². The van der Waals surface area contributed by atoms with Crippen LogP contribution in [0.15, 0.2) is 12.4 Å². The lowest BCUT2D eigenvalue weighted by Gasteiger charge is -2.09. The molecule has 0 aliphatic rings. The Balaban J connectivity index is 2.64. The minimum absolute atomic E-state index is 0.0246. The Kier molecular flexibility index (Phi) is 3.74. The molecule has 0 radical (unpaired) electrons. The highest BCUT2D eigenvalue weighted by atomic mass is 16.5. The van der Waals surface area contributed by atoms with Crippen LogP contribution >= 0.6 is 0 Å². The van der Waals surface area contributed by atoms with Gasteiger partial charge < -0.3 is 10.1 Å². The summed E-state index contributed by atoms with van der Waals surface area (Å²) in [6.07, 6.45) is 9.33. The summed E-state index contributed by atoms with van der Waals surface area (Å²) in [5.74, 6) is 3.76. The van der Waals surface area contributed by atoms with Gasteiger partial charge >= 0.3 is 0 Å².